The summed E-state index contributed by atoms with van der Waals surface area (Å²) in [5, 5.41) is 8.53. The summed E-state index contributed by atoms with van der Waals surface area (Å²) in [6.45, 7) is 3.15. The molecule has 1 aromatic heterocycles. The molecule has 0 atom stereocenters. The Balaban J connectivity index is 1.59. The molecule has 0 bridgehead atoms. The van der Waals surface area contributed by atoms with E-state index in [4.69, 9.17) is 4.99 Å². The van der Waals surface area contributed by atoms with Gasteiger partial charge in [0.05, 0.1) is 5.69 Å². The monoisotopic (exact) mass is 361 g/mol. The van der Waals surface area contributed by atoms with Crippen LogP contribution in [0.15, 0.2) is 83.9 Å². The average Bonchev–Trinajstić information content (AvgIpc) is 3.07. The number of aliphatic imine (C=N–C) groups is 1. The molecule has 3 heteroatoms. The van der Waals surface area contributed by atoms with Crippen LogP contribution >= 0.6 is 0 Å². The minimum Gasteiger partial charge on any atom is -0.341 e. The Morgan fingerprint density at radius 1 is 0.821 bits per heavy atom. The molecule has 0 fully saturated rings. The van der Waals surface area contributed by atoms with E-state index in [1.165, 1.54) is 32.6 Å². The second kappa shape index (κ2) is 5.70. The summed E-state index contributed by atoms with van der Waals surface area (Å²) in [4.78, 5) is 4.95. The van der Waals surface area contributed by atoms with E-state index in [0.29, 0.717) is 0 Å². The fraction of sp³-hybridized carbons (Fsp3) is 0.0800. The second-order valence-electron chi connectivity index (χ2n) is 7.26. The van der Waals surface area contributed by atoms with Crippen LogP contribution in [0.3, 0.4) is 0 Å². The maximum Gasteiger partial charge on any atom is 0.138 e. The van der Waals surface area contributed by atoms with Gasteiger partial charge in [0.2, 0.25) is 0 Å². The number of amidine groups is 1. The third-order valence-corrected chi connectivity index (χ3v) is 5.73. The normalized spacial score (nSPS) is 13.1. The van der Waals surface area contributed by atoms with Crippen molar-refractivity contribution in [3.8, 4) is 0 Å². The molecule has 5 aromatic rings. The molecular formula is C25H19N3. The highest BCUT2D eigenvalue weighted by atomic mass is 15.0. The van der Waals surface area contributed by atoms with Crippen molar-refractivity contribution >= 4 is 49.8 Å². The molecule has 1 aliphatic rings. The Labute approximate surface area is 162 Å². The van der Waals surface area contributed by atoms with Crippen LogP contribution in [0.25, 0.3) is 32.6 Å². The van der Waals surface area contributed by atoms with Crippen molar-refractivity contribution in [2.24, 2.45) is 4.99 Å². The zero-order valence-corrected chi connectivity index (χ0v) is 15.6. The molecule has 0 spiro atoms. The number of nitrogens with one attached hydrogen (secondary N) is 1. The first-order valence-electron chi connectivity index (χ1n) is 9.72. The van der Waals surface area contributed by atoms with Crippen molar-refractivity contribution in [1.29, 1.82) is 0 Å². The van der Waals surface area contributed by atoms with Crippen molar-refractivity contribution < 1.29 is 0 Å². The summed E-state index contributed by atoms with van der Waals surface area (Å²) < 4.78 is 2.38. The number of fused-ring (bicyclic) bond motifs is 3. The number of para-hydroxylation sites is 1. The van der Waals surface area contributed by atoms with Crippen LogP contribution in [0, 0.1) is 0 Å². The van der Waals surface area contributed by atoms with E-state index in [-0.39, 0.29) is 0 Å². The van der Waals surface area contributed by atoms with Crippen LogP contribution in [-0.4, -0.2) is 10.4 Å². The van der Waals surface area contributed by atoms with E-state index in [0.717, 1.165) is 29.3 Å². The largest absolute Gasteiger partial charge is 0.341 e. The van der Waals surface area contributed by atoms with Gasteiger partial charge in [0.1, 0.15) is 5.84 Å². The summed E-state index contributed by atoms with van der Waals surface area (Å²) in [6, 6.07) is 28.0. The Morgan fingerprint density at radius 3 is 2.54 bits per heavy atom. The third-order valence-electron chi connectivity index (χ3n) is 5.73. The quantitative estimate of drug-likeness (QED) is 0.383. The SMILES string of the molecule is CCn1c2ccccc2c2cc(C3=Nc4cccc5cccc(c45)N3)ccc21. The molecule has 0 radical (unpaired) electrons. The Kier molecular flexibility index (Phi) is 3.15. The van der Waals surface area contributed by atoms with Crippen molar-refractivity contribution in [2.75, 3.05) is 5.32 Å². The van der Waals surface area contributed by atoms with E-state index in [2.05, 4.69) is 95.7 Å². The Hall–Kier alpha value is -3.59. The predicted octanol–water partition coefficient (Wildman–Crippen LogP) is 6.47. The first-order chi connectivity index (χ1) is 13.8. The van der Waals surface area contributed by atoms with Gasteiger partial charge in [0.25, 0.3) is 0 Å². The standard InChI is InChI=1S/C25H19N3/c1-2-28-22-12-4-3-9-18(22)19-15-17(13-14-23(19)28)25-26-20-10-5-7-16-8-6-11-21(27-25)24(16)20/h3-15H,2H2,1H3,(H,26,27). The lowest BCUT2D eigenvalue weighted by molar-refractivity contribution is 0.827. The van der Waals surface area contributed by atoms with Crippen LogP contribution in [0.2, 0.25) is 0 Å². The van der Waals surface area contributed by atoms with Gasteiger partial charge in [-0.1, -0.05) is 42.5 Å². The minimum atomic E-state index is 0.904. The van der Waals surface area contributed by atoms with Crippen LogP contribution in [0.1, 0.15) is 12.5 Å². The fourth-order valence-electron chi connectivity index (χ4n) is 4.47. The topological polar surface area (TPSA) is 29.3 Å². The Bertz CT molecular complexity index is 1420. The highest BCUT2D eigenvalue weighted by molar-refractivity contribution is 6.20. The highest BCUT2D eigenvalue weighted by Gasteiger charge is 2.17. The zero-order chi connectivity index (χ0) is 18.7. The van der Waals surface area contributed by atoms with Gasteiger partial charge in [-0.15, -0.1) is 0 Å². The molecule has 4 aromatic carbocycles. The van der Waals surface area contributed by atoms with Crippen LogP contribution in [0.5, 0.6) is 0 Å². The van der Waals surface area contributed by atoms with E-state index < -0.39 is 0 Å². The molecule has 28 heavy (non-hydrogen) atoms. The second-order valence-corrected chi connectivity index (χ2v) is 7.26. The lowest BCUT2D eigenvalue weighted by Crippen LogP contribution is -2.16. The van der Waals surface area contributed by atoms with Gasteiger partial charge >= 0.3 is 0 Å². The number of aryl methyl sites for hydroxylation is 1. The van der Waals surface area contributed by atoms with E-state index >= 15 is 0 Å². The van der Waals surface area contributed by atoms with E-state index in [1.807, 2.05) is 0 Å². The van der Waals surface area contributed by atoms with Crippen molar-refractivity contribution in [3.63, 3.8) is 0 Å². The number of hydrogen-bond acceptors (Lipinski definition) is 2. The van der Waals surface area contributed by atoms with E-state index in [1.54, 1.807) is 0 Å². The number of anilines is 1. The molecule has 0 aliphatic carbocycles. The molecule has 0 unspecified atom stereocenters. The number of benzene rings is 4. The molecule has 134 valence electrons. The molecule has 3 nitrogen and oxygen atoms in total. The smallest absolute Gasteiger partial charge is 0.138 e. The summed E-state index contributed by atoms with van der Waals surface area (Å²) in [5.41, 5.74) is 5.81. The van der Waals surface area contributed by atoms with Crippen LogP contribution < -0.4 is 5.32 Å². The molecule has 0 saturated carbocycles. The summed E-state index contributed by atoms with van der Waals surface area (Å²) in [7, 11) is 0. The summed E-state index contributed by atoms with van der Waals surface area (Å²) in [6.07, 6.45) is 0. The lowest BCUT2D eigenvalue weighted by atomic mass is 10.0. The maximum absolute atomic E-state index is 4.95. The van der Waals surface area contributed by atoms with Gasteiger partial charge in [-0.3, -0.25) is 0 Å². The zero-order valence-electron chi connectivity index (χ0n) is 15.6. The van der Waals surface area contributed by atoms with Gasteiger partial charge in [0, 0.05) is 45.0 Å². The first kappa shape index (κ1) is 15.5. The van der Waals surface area contributed by atoms with Gasteiger partial charge < -0.3 is 9.88 Å². The van der Waals surface area contributed by atoms with E-state index in [9.17, 15) is 0 Å². The molecule has 2 heterocycles. The fourth-order valence-corrected chi connectivity index (χ4v) is 4.47. The summed E-state index contributed by atoms with van der Waals surface area (Å²) in [5.74, 6) is 0.904. The molecule has 1 aliphatic heterocycles. The first-order valence-corrected chi connectivity index (χ1v) is 9.72. The molecule has 0 saturated heterocycles. The minimum absolute atomic E-state index is 0.904. The van der Waals surface area contributed by atoms with Crippen molar-refractivity contribution in [2.45, 2.75) is 13.5 Å². The third kappa shape index (κ3) is 2.07. The van der Waals surface area contributed by atoms with Gasteiger partial charge in [-0.05, 0) is 48.7 Å². The molecular weight excluding hydrogens is 342 g/mol. The van der Waals surface area contributed by atoms with Crippen LogP contribution in [-0.2, 0) is 6.54 Å². The van der Waals surface area contributed by atoms with Crippen molar-refractivity contribution in [3.05, 3.63) is 84.4 Å². The van der Waals surface area contributed by atoms with Crippen molar-refractivity contribution in [1.82, 2.24) is 4.57 Å². The molecule has 6 rings (SSSR count). The summed E-state index contributed by atoms with van der Waals surface area (Å²) >= 11 is 0. The Morgan fingerprint density at radius 2 is 1.64 bits per heavy atom. The number of rotatable bonds is 2. The van der Waals surface area contributed by atoms with Crippen LogP contribution in [0.4, 0.5) is 11.4 Å². The predicted molar refractivity (Wildman–Crippen MR) is 119 cm³/mol. The number of aromatic nitrogens is 1. The number of hydrogen-bond donors (Lipinski definition) is 1. The van der Waals surface area contributed by atoms with Gasteiger partial charge in [-0.25, -0.2) is 4.99 Å². The highest BCUT2D eigenvalue weighted by Crippen LogP contribution is 2.37. The lowest BCUT2D eigenvalue weighted by Gasteiger charge is -2.19. The molecule has 1 N–H and O–H groups in total. The molecule has 0 amide bonds. The average molecular weight is 361 g/mol. The van der Waals surface area contributed by atoms with Gasteiger partial charge in [0.15, 0.2) is 0 Å². The maximum atomic E-state index is 4.95. The number of nitrogens with zero attached hydrogens (tertiary/aromatic N) is 2. The van der Waals surface area contributed by atoms with Gasteiger partial charge in [-0.2, -0.15) is 0 Å².